The van der Waals surface area contributed by atoms with Crippen molar-refractivity contribution in [3.05, 3.63) is 12.2 Å². The van der Waals surface area contributed by atoms with E-state index in [2.05, 4.69) is 0 Å². The van der Waals surface area contributed by atoms with Gasteiger partial charge in [0.05, 0.1) is 0 Å². The van der Waals surface area contributed by atoms with Gasteiger partial charge < -0.3 is 20.4 Å². The lowest BCUT2D eigenvalue weighted by molar-refractivity contribution is -0.156. The van der Waals surface area contributed by atoms with Gasteiger partial charge in [0, 0.05) is 0 Å². The molecular weight excluding hydrogens is 344 g/mol. The van der Waals surface area contributed by atoms with Crippen molar-refractivity contribution in [1.29, 1.82) is 0 Å². The van der Waals surface area contributed by atoms with Crippen LogP contribution >= 0.6 is 0 Å². The largest absolute Gasteiger partial charge is 0.481 e. The number of carboxylic acid groups (broad SMARTS) is 4. The first-order valence-corrected chi connectivity index (χ1v) is 8.80. The first-order chi connectivity index (χ1) is 12.2. The van der Waals surface area contributed by atoms with Crippen LogP contribution in [0.15, 0.2) is 12.2 Å². The van der Waals surface area contributed by atoms with Crippen molar-refractivity contribution >= 4 is 23.9 Å². The normalized spacial score (nSPS) is 19.6. The Labute approximate surface area is 151 Å². The maximum absolute atomic E-state index is 10.9. The monoisotopic (exact) mass is 370 g/mol. The van der Waals surface area contributed by atoms with Crippen molar-refractivity contribution in [1.82, 2.24) is 0 Å². The minimum Gasteiger partial charge on any atom is -0.481 e. The molecule has 1 aliphatic carbocycles. The molecule has 1 rings (SSSR count). The predicted molar refractivity (Wildman–Crippen MR) is 90.6 cm³/mol. The summed E-state index contributed by atoms with van der Waals surface area (Å²) < 4.78 is 0. The molecule has 0 bridgehead atoms. The summed E-state index contributed by atoms with van der Waals surface area (Å²) >= 11 is 0. The Morgan fingerprint density at radius 3 is 1.27 bits per heavy atom. The van der Waals surface area contributed by atoms with E-state index in [-0.39, 0.29) is 24.7 Å². The summed E-state index contributed by atoms with van der Waals surface area (Å²) in [6.07, 6.45) is 8.27. The van der Waals surface area contributed by atoms with E-state index >= 15 is 0 Å². The minimum absolute atomic E-state index is 0.0811. The van der Waals surface area contributed by atoms with Crippen molar-refractivity contribution in [2.75, 3.05) is 0 Å². The van der Waals surface area contributed by atoms with Gasteiger partial charge in [-0.25, -0.2) is 0 Å². The van der Waals surface area contributed by atoms with Crippen LogP contribution < -0.4 is 0 Å². The van der Waals surface area contributed by atoms with Crippen LogP contribution in [-0.2, 0) is 19.2 Å². The number of carboxylic acids is 4. The molecule has 0 saturated carbocycles. The highest BCUT2D eigenvalue weighted by molar-refractivity contribution is 5.93. The molecule has 0 aromatic heterocycles. The van der Waals surface area contributed by atoms with Gasteiger partial charge in [-0.2, -0.15) is 0 Å². The number of carbonyl (C=O) groups is 4. The number of allylic oxidation sites excluding steroid dienone is 2. The van der Waals surface area contributed by atoms with E-state index in [0.29, 0.717) is 25.7 Å². The van der Waals surface area contributed by atoms with E-state index in [1.807, 2.05) is 12.2 Å². The zero-order chi connectivity index (χ0) is 19.7. The number of rotatable bonds is 12. The fourth-order valence-corrected chi connectivity index (χ4v) is 3.51. The van der Waals surface area contributed by atoms with Gasteiger partial charge in [0.2, 0.25) is 0 Å². The standard InChI is InChI=1S/C18H26O8/c19-15(20)13(16(21)22)9-3-7-11-5-1-2-6-12(11)8-4-10-14(17(23)24)18(25)26/h1-2,11-14H,3-10H2,(H,19,20)(H,21,22)(H,23,24)(H,25,26). The van der Waals surface area contributed by atoms with Crippen LogP contribution in [0.25, 0.3) is 0 Å². The van der Waals surface area contributed by atoms with Crippen molar-refractivity contribution in [3.63, 3.8) is 0 Å². The van der Waals surface area contributed by atoms with Gasteiger partial charge in [-0.3, -0.25) is 19.2 Å². The van der Waals surface area contributed by atoms with E-state index < -0.39 is 35.7 Å². The van der Waals surface area contributed by atoms with Crippen molar-refractivity contribution < 1.29 is 39.6 Å². The maximum Gasteiger partial charge on any atom is 0.317 e. The third-order valence-electron chi connectivity index (χ3n) is 5.04. The minimum atomic E-state index is -1.39. The molecule has 26 heavy (non-hydrogen) atoms. The van der Waals surface area contributed by atoms with Crippen molar-refractivity contribution in [2.24, 2.45) is 23.7 Å². The zero-order valence-electron chi connectivity index (χ0n) is 14.5. The van der Waals surface area contributed by atoms with Crippen LogP contribution in [0, 0.1) is 23.7 Å². The van der Waals surface area contributed by atoms with E-state index in [4.69, 9.17) is 20.4 Å². The molecule has 2 unspecified atom stereocenters. The maximum atomic E-state index is 10.9. The molecule has 0 saturated heterocycles. The molecule has 0 spiro atoms. The topological polar surface area (TPSA) is 149 Å². The van der Waals surface area contributed by atoms with Gasteiger partial charge in [0.25, 0.3) is 0 Å². The number of aliphatic carboxylic acids is 4. The Bertz CT molecular complexity index is 477. The lowest BCUT2D eigenvalue weighted by atomic mass is 9.76. The van der Waals surface area contributed by atoms with Crippen molar-refractivity contribution in [2.45, 2.75) is 51.4 Å². The molecule has 0 aromatic rings. The fourth-order valence-electron chi connectivity index (χ4n) is 3.51. The molecule has 0 fully saturated rings. The Morgan fingerprint density at radius 2 is 1.00 bits per heavy atom. The Hall–Kier alpha value is -2.38. The molecule has 0 radical (unpaired) electrons. The first-order valence-electron chi connectivity index (χ1n) is 8.80. The van der Waals surface area contributed by atoms with Crippen LogP contribution in [0.5, 0.6) is 0 Å². The molecule has 8 heteroatoms. The predicted octanol–water partition coefficient (Wildman–Crippen LogP) is 2.48. The number of hydrogen-bond donors (Lipinski definition) is 4. The molecule has 1 aliphatic rings. The second-order valence-corrected chi connectivity index (χ2v) is 6.78. The molecule has 8 nitrogen and oxygen atoms in total. The lowest BCUT2D eigenvalue weighted by Crippen LogP contribution is -2.25. The van der Waals surface area contributed by atoms with E-state index in [1.54, 1.807) is 0 Å². The fraction of sp³-hybridized carbons (Fsp3) is 0.667. The highest BCUT2D eigenvalue weighted by Gasteiger charge is 2.29. The van der Waals surface area contributed by atoms with E-state index in [0.717, 1.165) is 12.8 Å². The molecule has 2 atom stereocenters. The summed E-state index contributed by atoms with van der Waals surface area (Å²) in [5.74, 6) is -7.54. The summed E-state index contributed by atoms with van der Waals surface area (Å²) in [5.41, 5.74) is 0. The summed E-state index contributed by atoms with van der Waals surface area (Å²) in [6.45, 7) is 0. The van der Waals surface area contributed by atoms with Crippen LogP contribution in [0.3, 0.4) is 0 Å². The second kappa shape index (κ2) is 10.6. The molecule has 146 valence electrons. The molecule has 0 aliphatic heterocycles. The van der Waals surface area contributed by atoms with Crippen LogP contribution in [0.4, 0.5) is 0 Å². The summed E-state index contributed by atoms with van der Waals surface area (Å²) in [7, 11) is 0. The third kappa shape index (κ3) is 6.85. The Morgan fingerprint density at radius 1 is 0.692 bits per heavy atom. The first kappa shape index (κ1) is 21.7. The average Bonchev–Trinajstić information content (AvgIpc) is 2.55. The smallest absolute Gasteiger partial charge is 0.317 e. The van der Waals surface area contributed by atoms with Gasteiger partial charge in [0.15, 0.2) is 11.8 Å². The molecule has 4 N–H and O–H groups in total. The SMILES string of the molecule is O=C(O)C(CCCC1CC=CCC1CCCC(C(=O)O)C(=O)O)C(=O)O. The van der Waals surface area contributed by atoms with Gasteiger partial charge >= 0.3 is 23.9 Å². The third-order valence-corrected chi connectivity index (χ3v) is 5.04. The van der Waals surface area contributed by atoms with Gasteiger partial charge in [-0.15, -0.1) is 0 Å². The second-order valence-electron chi connectivity index (χ2n) is 6.78. The van der Waals surface area contributed by atoms with Crippen LogP contribution in [0.1, 0.15) is 51.4 Å². The van der Waals surface area contributed by atoms with Crippen molar-refractivity contribution in [3.8, 4) is 0 Å². The van der Waals surface area contributed by atoms with Gasteiger partial charge in [-0.05, 0) is 50.4 Å². The summed E-state index contributed by atoms with van der Waals surface area (Å²) in [5, 5.41) is 35.6. The average molecular weight is 370 g/mol. The zero-order valence-corrected chi connectivity index (χ0v) is 14.5. The van der Waals surface area contributed by atoms with E-state index in [9.17, 15) is 19.2 Å². The Kier molecular flexibility index (Phi) is 8.81. The Balaban J connectivity index is 2.48. The van der Waals surface area contributed by atoms with Gasteiger partial charge in [0.1, 0.15) is 0 Å². The van der Waals surface area contributed by atoms with Crippen LogP contribution in [-0.4, -0.2) is 44.3 Å². The number of hydrogen-bond acceptors (Lipinski definition) is 4. The quantitative estimate of drug-likeness (QED) is 0.302. The highest BCUT2D eigenvalue weighted by atomic mass is 16.4. The molecule has 0 aromatic carbocycles. The highest BCUT2D eigenvalue weighted by Crippen LogP contribution is 2.34. The summed E-state index contributed by atoms with van der Waals surface area (Å²) in [6, 6.07) is 0. The van der Waals surface area contributed by atoms with Crippen LogP contribution in [0.2, 0.25) is 0 Å². The van der Waals surface area contributed by atoms with E-state index in [1.165, 1.54) is 0 Å². The molecular formula is C18H26O8. The molecule has 0 heterocycles. The summed E-state index contributed by atoms with van der Waals surface area (Å²) in [4.78, 5) is 43.7. The lowest BCUT2D eigenvalue weighted by Gasteiger charge is -2.29. The van der Waals surface area contributed by atoms with Gasteiger partial charge in [-0.1, -0.05) is 25.0 Å². The molecule has 0 amide bonds.